The quantitative estimate of drug-likeness (QED) is 0.506. The number of nitrogens with two attached hydrogens (primary N) is 1. The number of rotatable bonds is 5. The Morgan fingerprint density at radius 2 is 2.29 bits per heavy atom. The molecular weight excluding hydrogens is 176 g/mol. The minimum absolute atomic E-state index is 0.0702. The maximum absolute atomic E-state index is 11.2. The van der Waals surface area contributed by atoms with E-state index in [2.05, 4.69) is 5.32 Å². The van der Waals surface area contributed by atoms with Crippen LogP contribution in [0.3, 0.4) is 0 Å². The van der Waals surface area contributed by atoms with Gasteiger partial charge in [0.05, 0.1) is 0 Å². The second-order valence-electron chi connectivity index (χ2n) is 3.63. The van der Waals surface area contributed by atoms with Crippen molar-refractivity contribution in [3.63, 3.8) is 0 Å². The zero-order chi connectivity index (χ0) is 10.4. The van der Waals surface area contributed by atoms with Crippen molar-refractivity contribution in [2.24, 2.45) is 11.7 Å². The molecule has 3 N–H and O–H groups in total. The van der Waals surface area contributed by atoms with Crippen LogP contribution in [-0.2, 0) is 4.79 Å². The largest absolute Gasteiger partial charge is 0.351 e. The van der Waals surface area contributed by atoms with Crippen molar-refractivity contribution in [2.45, 2.75) is 25.8 Å². The maximum Gasteiger partial charge on any atom is 0.244 e. The number of allylic oxidation sites excluding steroid dienone is 3. The number of carbonyl (C=O) groups is 1. The smallest absolute Gasteiger partial charge is 0.244 e. The molecule has 1 unspecified atom stereocenters. The van der Waals surface area contributed by atoms with Gasteiger partial charge in [0.15, 0.2) is 0 Å². The predicted molar refractivity (Wildman–Crippen MR) is 57.7 cm³/mol. The fraction of sp³-hybridized carbons (Fsp3) is 0.545. The first kappa shape index (κ1) is 11.0. The standard InChI is InChI=1S/C11H18N2O/c1-2-3-4-5-11(14)13-8-10(12)9-6-7-9/h2-5,9-10H,6-8,12H2,1H3,(H,13,14). The number of nitrogens with one attached hydrogen (secondary N) is 1. The SMILES string of the molecule is CC=CC=CC(=O)NCC(N)C1CC1. The van der Waals surface area contributed by atoms with Crippen LogP contribution >= 0.6 is 0 Å². The van der Waals surface area contributed by atoms with E-state index >= 15 is 0 Å². The molecule has 1 fully saturated rings. The molecule has 1 saturated carbocycles. The molecule has 3 nitrogen and oxygen atoms in total. The van der Waals surface area contributed by atoms with Gasteiger partial charge in [-0.25, -0.2) is 0 Å². The average Bonchev–Trinajstić information content (AvgIpc) is 2.98. The van der Waals surface area contributed by atoms with Gasteiger partial charge >= 0.3 is 0 Å². The molecule has 0 spiro atoms. The van der Waals surface area contributed by atoms with Crippen molar-refractivity contribution in [1.29, 1.82) is 0 Å². The summed E-state index contributed by atoms with van der Waals surface area (Å²) in [4.78, 5) is 11.2. The number of hydrogen-bond acceptors (Lipinski definition) is 2. The number of amides is 1. The summed E-state index contributed by atoms with van der Waals surface area (Å²) in [5.74, 6) is 0.564. The molecule has 0 bridgehead atoms. The van der Waals surface area contributed by atoms with E-state index in [0.717, 1.165) is 0 Å². The first-order valence-electron chi connectivity index (χ1n) is 5.07. The average molecular weight is 194 g/mol. The molecule has 0 saturated heterocycles. The van der Waals surface area contributed by atoms with Crippen LogP contribution in [0.5, 0.6) is 0 Å². The molecule has 14 heavy (non-hydrogen) atoms. The summed E-state index contributed by atoms with van der Waals surface area (Å²) in [5.41, 5.74) is 5.83. The van der Waals surface area contributed by atoms with Gasteiger partial charge in [0.2, 0.25) is 5.91 Å². The molecule has 0 radical (unpaired) electrons. The van der Waals surface area contributed by atoms with E-state index in [0.29, 0.717) is 12.5 Å². The molecular formula is C11H18N2O. The van der Waals surface area contributed by atoms with Gasteiger partial charge in [-0.05, 0) is 25.7 Å². The van der Waals surface area contributed by atoms with E-state index in [1.165, 1.54) is 18.9 Å². The van der Waals surface area contributed by atoms with Gasteiger partial charge in [-0.2, -0.15) is 0 Å². The molecule has 78 valence electrons. The lowest BCUT2D eigenvalue weighted by atomic mass is 10.2. The fourth-order valence-electron chi connectivity index (χ4n) is 1.22. The van der Waals surface area contributed by atoms with Crippen molar-refractivity contribution in [2.75, 3.05) is 6.54 Å². The van der Waals surface area contributed by atoms with Crippen molar-refractivity contribution < 1.29 is 4.79 Å². The van der Waals surface area contributed by atoms with Gasteiger partial charge in [0.25, 0.3) is 0 Å². The van der Waals surface area contributed by atoms with Crippen LogP contribution in [0.15, 0.2) is 24.3 Å². The van der Waals surface area contributed by atoms with Gasteiger partial charge in [0.1, 0.15) is 0 Å². The summed E-state index contributed by atoms with van der Waals surface area (Å²) < 4.78 is 0. The number of carbonyl (C=O) groups excluding carboxylic acids is 1. The highest BCUT2D eigenvalue weighted by Gasteiger charge is 2.28. The Labute approximate surface area is 85.1 Å². The van der Waals surface area contributed by atoms with Crippen LogP contribution in [0.25, 0.3) is 0 Å². The zero-order valence-corrected chi connectivity index (χ0v) is 8.57. The molecule has 1 amide bonds. The molecule has 0 aliphatic heterocycles. The van der Waals surface area contributed by atoms with Crippen LogP contribution in [0, 0.1) is 5.92 Å². The number of hydrogen-bond donors (Lipinski definition) is 2. The van der Waals surface area contributed by atoms with Crippen molar-refractivity contribution in [1.82, 2.24) is 5.32 Å². The highest BCUT2D eigenvalue weighted by Crippen LogP contribution is 2.31. The van der Waals surface area contributed by atoms with Crippen LogP contribution in [0.2, 0.25) is 0 Å². The molecule has 0 heterocycles. The van der Waals surface area contributed by atoms with Crippen LogP contribution < -0.4 is 11.1 Å². The Kier molecular flexibility index (Phi) is 4.40. The van der Waals surface area contributed by atoms with E-state index in [1.807, 2.05) is 19.1 Å². The lowest BCUT2D eigenvalue weighted by Gasteiger charge is -2.09. The first-order chi connectivity index (χ1) is 6.74. The second kappa shape index (κ2) is 5.60. The lowest BCUT2D eigenvalue weighted by molar-refractivity contribution is -0.116. The minimum atomic E-state index is -0.0702. The summed E-state index contributed by atoms with van der Waals surface area (Å²) in [5, 5.41) is 2.78. The summed E-state index contributed by atoms with van der Waals surface area (Å²) in [7, 11) is 0. The third kappa shape index (κ3) is 4.23. The van der Waals surface area contributed by atoms with Gasteiger partial charge in [-0.15, -0.1) is 0 Å². The Bertz CT molecular complexity index is 242. The lowest BCUT2D eigenvalue weighted by Crippen LogP contribution is -2.37. The third-order valence-corrected chi connectivity index (χ3v) is 2.29. The zero-order valence-electron chi connectivity index (χ0n) is 8.57. The monoisotopic (exact) mass is 194 g/mol. The molecule has 0 aromatic rings. The summed E-state index contributed by atoms with van der Waals surface area (Å²) in [6, 6.07) is 0.133. The van der Waals surface area contributed by atoms with Gasteiger partial charge in [0, 0.05) is 18.7 Å². The maximum atomic E-state index is 11.2. The van der Waals surface area contributed by atoms with Crippen LogP contribution in [0.1, 0.15) is 19.8 Å². The van der Waals surface area contributed by atoms with E-state index in [9.17, 15) is 4.79 Å². The molecule has 3 heteroatoms. The summed E-state index contributed by atoms with van der Waals surface area (Å²) in [6.07, 6.45) is 9.36. The first-order valence-corrected chi connectivity index (χ1v) is 5.07. The Morgan fingerprint density at radius 1 is 1.57 bits per heavy atom. The topological polar surface area (TPSA) is 55.1 Å². The predicted octanol–water partition coefficient (Wildman–Crippen LogP) is 0.972. The van der Waals surface area contributed by atoms with Crippen LogP contribution in [-0.4, -0.2) is 18.5 Å². The molecule has 1 rings (SSSR count). The minimum Gasteiger partial charge on any atom is -0.351 e. The van der Waals surface area contributed by atoms with Crippen molar-refractivity contribution >= 4 is 5.91 Å². The third-order valence-electron chi connectivity index (χ3n) is 2.29. The highest BCUT2D eigenvalue weighted by atomic mass is 16.1. The molecule has 1 atom stereocenters. The Balaban J connectivity index is 2.13. The summed E-state index contributed by atoms with van der Waals surface area (Å²) >= 11 is 0. The molecule has 1 aliphatic rings. The van der Waals surface area contributed by atoms with E-state index in [4.69, 9.17) is 5.73 Å². The normalized spacial score (nSPS) is 19.0. The van der Waals surface area contributed by atoms with Gasteiger partial charge < -0.3 is 11.1 Å². The summed E-state index contributed by atoms with van der Waals surface area (Å²) in [6.45, 7) is 2.49. The van der Waals surface area contributed by atoms with E-state index < -0.39 is 0 Å². The van der Waals surface area contributed by atoms with Crippen molar-refractivity contribution in [3.05, 3.63) is 24.3 Å². The van der Waals surface area contributed by atoms with Gasteiger partial charge in [-0.3, -0.25) is 4.79 Å². The van der Waals surface area contributed by atoms with Crippen molar-refractivity contribution in [3.8, 4) is 0 Å². The molecule has 1 aliphatic carbocycles. The second-order valence-corrected chi connectivity index (χ2v) is 3.63. The fourth-order valence-corrected chi connectivity index (χ4v) is 1.22. The van der Waals surface area contributed by atoms with E-state index in [1.54, 1.807) is 6.08 Å². The highest BCUT2D eigenvalue weighted by molar-refractivity contribution is 5.87. The van der Waals surface area contributed by atoms with E-state index in [-0.39, 0.29) is 11.9 Å². The Hall–Kier alpha value is -1.09. The molecule has 0 aromatic carbocycles. The molecule has 0 aromatic heterocycles. The van der Waals surface area contributed by atoms with Crippen LogP contribution in [0.4, 0.5) is 0 Å². The Morgan fingerprint density at radius 3 is 2.86 bits per heavy atom. The van der Waals surface area contributed by atoms with Gasteiger partial charge in [-0.1, -0.05) is 18.2 Å².